The van der Waals surface area contributed by atoms with Crippen molar-refractivity contribution in [2.24, 2.45) is 0 Å². The third kappa shape index (κ3) is 0.901. The smallest absolute Gasteiger partial charge is 0.262 e. The fourth-order valence-corrected chi connectivity index (χ4v) is 2.38. The minimum absolute atomic E-state index is 0.000833. The topological polar surface area (TPSA) is 3.24 Å². The molecule has 0 aromatic heterocycles. The summed E-state index contributed by atoms with van der Waals surface area (Å²) in [4.78, 5) is 1.94. The van der Waals surface area contributed by atoms with Crippen LogP contribution in [0.15, 0.2) is 0 Å². The summed E-state index contributed by atoms with van der Waals surface area (Å²) in [5.74, 6) is -2.41. The molecule has 0 aromatic rings. The van der Waals surface area contributed by atoms with E-state index in [2.05, 4.69) is 0 Å². The summed E-state index contributed by atoms with van der Waals surface area (Å²) >= 11 is 0. The maximum Gasteiger partial charge on any atom is 0.262 e. The molecule has 0 aliphatic carbocycles. The van der Waals surface area contributed by atoms with Gasteiger partial charge in [-0.15, -0.1) is 0 Å². The summed E-state index contributed by atoms with van der Waals surface area (Å²) in [5.41, 5.74) is -0.108. The van der Waals surface area contributed by atoms with Crippen molar-refractivity contribution in [3.8, 4) is 0 Å². The first kappa shape index (κ1) is 7.47. The lowest BCUT2D eigenvalue weighted by molar-refractivity contribution is 0.0123. The summed E-state index contributed by atoms with van der Waals surface area (Å²) in [6.07, 6.45) is 1.94. The van der Waals surface area contributed by atoms with Crippen molar-refractivity contribution < 1.29 is 8.78 Å². The molecular weight excluding hydrogens is 148 g/mol. The summed E-state index contributed by atoms with van der Waals surface area (Å²) in [6.45, 7) is 2.89. The number of nitrogens with zero attached hydrogens (tertiary/aromatic N) is 1. The number of fused-ring (bicyclic) bond motifs is 1. The normalized spacial score (nSPS) is 41.7. The Labute approximate surface area is 65.4 Å². The quantitative estimate of drug-likeness (QED) is 0.567. The Balaban J connectivity index is 2.15. The zero-order valence-corrected chi connectivity index (χ0v) is 6.74. The van der Waals surface area contributed by atoms with Crippen molar-refractivity contribution in [1.82, 2.24) is 4.90 Å². The number of hydrogen-bond acceptors (Lipinski definition) is 1. The van der Waals surface area contributed by atoms with Crippen LogP contribution in [0.4, 0.5) is 8.78 Å². The molecule has 0 spiro atoms. The lowest BCUT2D eigenvalue weighted by atomic mass is 9.82. The van der Waals surface area contributed by atoms with Crippen LogP contribution in [0.2, 0.25) is 0 Å². The maximum absolute atomic E-state index is 12.9. The molecule has 0 bridgehead atoms. The molecule has 0 amide bonds. The Morgan fingerprint density at radius 2 is 2.18 bits per heavy atom. The molecule has 2 saturated heterocycles. The molecule has 2 aliphatic rings. The van der Waals surface area contributed by atoms with Crippen molar-refractivity contribution in [2.45, 2.75) is 37.6 Å². The maximum atomic E-state index is 12.9. The van der Waals surface area contributed by atoms with E-state index in [0.29, 0.717) is 0 Å². The zero-order valence-electron chi connectivity index (χ0n) is 6.74. The number of alkyl halides is 2. The van der Waals surface area contributed by atoms with Gasteiger partial charge in [0.25, 0.3) is 5.92 Å². The summed E-state index contributed by atoms with van der Waals surface area (Å²) in [5, 5.41) is 0. The van der Waals surface area contributed by atoms with E-state index < -0.39 is 5.92 Å². The van der Waals surface area contributed by atoms with Gasteiger partial charge < -0.3 is 0 Å². The molecule has 2 fully saturated rings. The highest BCUT2D eigenvalue weighted by Crippen LogP contribution is 2.48. The molecule has 0 saturated carbocycles. The van der Waals surface area contributed by atoms with E-state index in [9.17, 15) is 8.78 Å². The third-order valence-corrected chi connectivity index (χ3v) is 3.19. The van der Waals surface area contributed by atoms with Crippen molar-refractivity contribution in [3.05, 3.63) is 0 Å². The lowest BCUT2D eigenvalue weighted by Gasteiger charge is -2.47. The van der Waals surface area contributed by atoms with Gasteiger partial charge in [-0.05, 0) is 12.8 Å². The van der Waals surface area contributed by atoms with Crippen LogP contribution in [0.25, 0.3) is 0 Å². The van der Waals surface area contributed by atoms with E-state index in [4.69, 9.17) is 0 Å². The first-order chi connectivity index (χ1) is 5.08. The van der Waals surface area contributed by atoms with Crippen LogP contribution in [0.1, 0.15) is 26.2 Å². The molecule has 2 rings (SSSR count). The minimum atomic E-state index is -2.41. The van der Waals surface area contributed by atoms with Gasteiger partial charge in [-0.2, -0.15) is 0 Å². The van der Waals surface area contributed by atoms with Crippen LogP contribution in [0.3, 0.4) is 0 Å². The minimum Gasteiger partial charge on any atom is -0.291 e. The Morgan fingerprint density at radius 3 is 2.45 bits per heavy atom. The predicted octanol–water partition coefficient (Wildman–Crippen LogP) is 1.88. The van der Waals surface area contributed by atoms with E-state index in [1.807, 2.05) is 11.8 Å². The molecule has 0 aromatic carbocycles. The highest BCUT2D eigenvalue weighted by atomic mass is 19.3. The molecule has 2 heterocycles. The fraction of sp³-hybridized carbons (Fsp3) is 1.00. The molecule has 11 heavy (non-hydrogen) atoms. The molecule has 0 radical (unpaired) electrons. The van der Waals surface area contributed by atoms with Gasteiger partial charge >= 0.3 is 0 Å². The summed E-state index contributed by atoms with van der Waals surface area (Å²) in [6, 6.07) is 0. The second-order valence-corrected chi connectivity index (χ2v) is 3.78. The van der Waals surface area contributed by atoms with Gasteiger partial charge in [0.2, 0.25) is 0 Å². The highest BCUT2D eigenvalue weighted by Gasteiger charge is 2.58. The van der Waals surface area contributed by atoms with Crippen LogP contribution in [0.5, 0.6) is 0 Å². The van der Waals surface area contributed by atoms with E-state index in [1.165, 1.54) is 0 Å². The summed E-state index contributed by atoms with van der Waals surface area (Å²) in [7, 11) is 0. The van der Waals surface area contributed by atoms with E-state index >= 15 is 0 Å². The van der Waals surface area contributed by atoms with E-state index in [1.54, 1.807) is 0 Å². The molecule has 64 valence electrons. The molecule has 1 atom stereocenters. The lowest BCUT2D eigenvalue weighted by Crippen LogP contribution is -2.54. The van der Waals surface area contributed by atoms with E-state index in [-0.39, 0.29) is 18.5 Å². The van der Waals surface area contributed by atoms with Crippen molar-refractivity contribution in [2.75, 3.05) is 13.1 Å². The second-order valence-electron chi connectivity index (χ2n) is 3.78. The van der Waals surface area contributed by atoms with Gasteiger partial charge in [0.05, 0.1) is 6.54 Å². The standard InChI is InChI=1S/C8H13F2N/c1-2-7-3-4-11(7)6-8(9,10)5-7/h2-6H2,1H3/t7-/m0/s1. The molecule has 0 unspecified atom stereocenters. The average Bonchev–Trinajstić information content (AvgIpc) is 2.09. The van der Waals surface area contributed by atoms with Gasteiger partial charge in [-0.3, -0.25) is 4.90 Å². The highest BCUT2D eigenvalue weighted by molar-refractivity contribution is 5.08. The Bertz CT molecular complexity index is 177. The van der Waals surface area contributed by atoms with Crippen LogP contribution in [-0.2, 0) is 0 Å². The largest absolute Gasteiger partial charge is 0.291 e. The first-order valence-corrected chi connectivity index (χ1v) is 4.21. The van der Waals surface area contributed by atoms with Crippen LogP contribution in [-0.4, -0.2) is 29.5 Å². The van der Waals surface area contributed by atoms with Gasteiger partial charge in [0.1, 0.15) is 0 Å². The monoisotopic (exact) mass is 161 g/mol. The number of hydrogen-bond donors (Lipinski definition) is 0. The first-order valence-electron chi connectivity index (χ1n) is 4.21. The second kappa shape index (κ2) is 1.94. The fourth-order valence-electron chi connectivity index (χ4n) is 2.38. The molecule has 0 N–H and O–H groups in total. The van der Waals surface area contributed by atoms with Crippen LogP contribution < -0.4 is 0 Å². The van der Waals surface area contributed by atoms with Gasteiger partial charge in [0, 0.05) is 18.5 Å². The van der Waals surface area contributed by atoms with Crippen LogP contribution >= 0.6 is 0 Å². The SMILES string of the molecule is CC[C@@]12CCN1CC(F)(F)C2. The zero-order chi connectivity index (χ0) is 8.11. The molecular formula is C8H13F2N. The van der Waals surface area contributed by atoms with Crippen molar-refractivity contribution in [3.63, 3.8) is 0 Å². The predicted molar refractivity (Wildman–Crippen MR) is 38.8 cm³/mol. The molecule has 1 nitrogen and oxygen atoms in total. The van der Waals surface area contributed by atoms with Crippen LogP contribution in [0, 0.1) is 0 Å². The van der Waals surface area contributed by atoms with Crippen molar-refractivity contribution >= 4 is 0 Å². The van der Waals surface area contributed by atoms with Gasteiger partial charge in [0.15, 0.2) is 0 Å². The van der Waals surface area contributed by atoms with Crippen molar-refractivity contribution in [1.29, 1.82) is 0 Å². The molecule has 2 aliphatic heterocycles. The third-order valence-electron chi connectivity index (χ3n) is 3.19. The summed E-state index contributed by atoms with van der Waals surface area (Å²) < 4.78 is 25.8. The van der Waals surface area contributed by atoms with E-state index in [0.717, 1.165) is 19.4 Å². The van der Waals surface area contributed by atoms with Gasteiger partial charge in [-0.1, -0.05) is 6.92 Å². The Hall–Kier alpha value is -0.180. The number of rotatable bonds is 1. The average molecular weight is 161 g/mol. The Kier molecular flexibility index (Phi) is 1.32. The number of halogens is 2. The van der Waals surface area contributed by atoms with Gasteiger partial charge in [-0.25, -0.2) is 8.78 Å². The molecule has 3 heteroatoms. The Morgan fingerprint density at radius 1 is 1.45 bits per heavy atom.